The van der Waals surface area contributed by atoms with Crippen LogP contribution in [0.2, 0.25) is 0 Å². The number of aromatic nitrogens is 1. The van der Waals surface area contributed by atoms with Crippen molar-refractivity contribution in [2.45, 2.75) is 13.8 Å². The van der Waals surface area contributed by atoms with E-state index in [1.165, 1.54) is 7.11 Å². The van der Waals surface area contributed by atoms with E-state index < -0.39 is 0 Å². The molecule has 7 nitrogen and oxygen atoms in total. The molecule has 1 amide bonds. The van der Waals surface area contributed by atoms with Gasteiger partial charge >= 0.3 is 0 Å². The highest BCUT2D eigenvalue weighted by Crippen LogP contribution is 2.25. The van der Waals surface area contributed by atoms with Crippen LogP contribution in [0.15, 0.2) is 41.2 Å². The van der Waals surface area contributed by atoms with Crippen LogP contribution in [0.25, 0.3) is 10.9 Å². The van der Waals surface area contributed by atoms with Crippen LogP contribution in [0.3, 0.4) is 0 Å². The summed E-state index contributed by atoms with van der Waals surface area (Å²) >= 11 is 0. The standard InChI is InChI=1S/C23H25N3O4/c1-14-13-16(26-9-11-30-12-10-26)7-8-18(14)24-23(28)20-15(2)22(27)17-5-4-6-19(29-3)21(17)25-20/h4-8,13H,9-12H2,1-3H3,(H,24,28)(H,25,27). The molecule has 1 fully saturated rings. The quantitative estimate of drug-likeness (QED) is 0.694. The second kappa shape index (κ2) is 8.20. The highest BCUT2D eigenvalue weighted by atomic mass is 16.5. The Morgan fingerprint density at radius 3 is 2.63 bits per heavy atom. The van der Waals surface area contributed by atoms with Crippen molar-refractivity contribution in [1.82, 2.24) is 4.98 Å². The molecular weight excluding hydrogens is 382 g/mol. The molecule has 1 aliphatic rings. The summed E-state index contributed by atoms with van der Waals surface area (Å²) in [7, 11) is 1.53. The molecule has 30 heavy (non-hydrogen) atoms. The zero-order valence-electron chi connectivity index (χ0n) is 17.4. The molecule has 0 spiro atoms. The molecule has 1 saturated heterocycles. The maximum Gasteiger partial charge on any atom is 0.272 e. The van der Waals surface area contributed by atoms with Gasteiger partial charge in [-0.05, 0) is 49.7 Å². The Balaban J connectivity index is 1.65. The Morgan fingerprint density at radius 1 is 1.17 bits per heavy atom. The number of amides is 1. The van der Waals surface area contributed by atoms with E-state index in [9.17, 15) is 9.59 Å². The number of aryl methyl sites for hydroxylation is 1. The number of benzene rings is 2. The number of methoxy groups -OCH3 is 1. The van der Waals surface area contributed by atoms with Crippen molar-refractivity contribution < 1.29 is 14.3 Å². The number of fused-ring (bicyclic) bond motifs is 1. The largest absolute Gasteiger partial charge is 0.495 e. The van der Waals surface area contributed by atoms with Gasteiger partial charge in [-0.1, -0.05) is 6.07 Å². The van der Waals surface area contributed by atoms with Crippen molar-refractivity contribution in [2.24, 2.45) is 0 Å². The lowest BCUT2D eigenvalue weighted by molar-refractivity contribution is 0.102. The topological polar surface area (TPSA) is 83.7 Å². The van der Waals surface area contributed by atoms with Gasteiger partial charge in [0.1, 0.15) is 11.4 Å². The number of anilines is 2. The van der Waals surface area contributed by atoms with Gasteiger partial charge in [0, 0.05) is 35.4 Å². The van der Waals surface area contributed by atoms with Crippen LogP contribution in [0, 0.1) is 13.8 Å². The summed E-state index contributed by atoms with van der Waals surface area (Å²) in [6.07, 6.45) is 0. The van der Waals surface area contributed by atoms with Gasteiger partial charge < -0.3 is 24.7 Å². The van der Waals surface area contributed by atoms with Crippen molar-refractivity contribution in [3.8, 4) is 5.75 Å². The zero-order valence-corrected chi connectivity index (χ0v) is 17.4. The van der Waals surface area contributed by atoms with Gasteiger partial charge in [0.05, 0.1) is 25.8 Å². The normalized spacial score (nSPS) is 14.0. The number of para-hydroxylation sites is 1. The van der Waals surface area contributed by atoms with Crippen LogP contribution < -0.4 is 20.4 Å². The third-order valence-corrected chi connectivity index (χ3v) is 5.52. The van der Waals surface area contributed by atoms with E-state index in [1.807, 2.05) is 19.1 Å². The zero-order chi connectivity index (χ0) is 21.3. The number of rotatable bonds is 4. The fourth-order valence-electron chi connectivity index (χ4n) is 3.77. The lowest BCUT2D eigenvalue weighted by Crippen LogP contribution is -2.36. The summed E-state index contributed by atoms with van der Waals surface area (Å²) in [5.41, 5.74) is 3.69. The minimum atomic E-state index is -0.361. The second-order valence-corrected chi connectivity index (χ2v) is 7.39. The summed E-state index contributed by atoms with van der Waals surface area (Å²) in [6.45, 7) is 6.75. The summed E-state index contributed by atoms with van der Waals surface area (Å²) in [4.78, 5) is 31.2. The molecule has 0 saturated carbocycles. The number of H-pyrrole nitrogens is 1. The Bertz CT molecular complexity index is 1160. The molecule has 0 radical (unpaired) electrons. The minimum Gasteiger partial charge on any atom is -0.495 e. The first-order valence-corrected chi connectivity index (χ1v) is 9.94. The van der Waals surface area contributed by atoms with Crippen LogP contribution in [0.5, 0.6) is 5.75 Å². The number of nitrogens with zero attached hydrogens (tertiary/aromatic N) is 1. The summed E-state index contributed by atoms with van der Waals surface area (Å²) in [6, 6.07) is 11.2. The van der Waals surface area contributed by atoms with Crippen LogP contribution in [0.1, 0.15) is 21.6 Å². The Labute approximate surface area is 174 Å². The average molecular weight is 407 g/mol. The van der Waals surface area contributed by atoms with Crippen molar-refractivity contribution in [2.75, 3.05) is 43.6 Å². The third-order valence-electron chi connectivity index (χ3n) is 5.52. The molecule has 0 aliphatic carbocycles. The lowest BCUT2D eigenvalue weighted by atomic mass is 10.1. The smallest absolute Gasteiger partial charge is 0.272 e. The van der Waals surface area contributed by atoms with E-state index in [2.05, 4.69) is 21.3 Å². The third kappa shape index (κ3) is 3.64. The highest BCUT2D eigenvalue weighted by Gasteiger charge is 2.18. The van der Waals surface area contributed by atoms with Gasteiger partial charge in [0.25, 0.3) is 5.91 Å². The first kappa shape index (κ1) is 20.0. The number of aromatic amines is 1. The molecule has 0 atom stereocenters. The molecule has 7 heteroatoms. The van der Waals surface area contributed by atoms with Crippen molar-refractivity contribution in [1.29, 1.82) is 0 Å². The summed E-state index contributed by atoms with van der Waals surface area (Å²) < 4.78 is 10.8. The van der Waals surface area contributed by atoms with Gasteiger partial charge in [-0.25, -0.2) is 0 Å². The molecule has 1 aliphatic heterocycles. The minimum absolute atomic E-state index is 0.188. The fraction of sp³-hybridized carbons (Fsp3) is 0.304. The molecule has 156 valence electrons. The maximum atomic E-state index is 13.0. The van der Waals surface area contributed by atoms with Crippen LogP contribution in [-0.4, -0.2) is 44.3 Å². The molecule has 2 aromatic carbocycles. The van der Waals surface area contributed by atoms with Gasteiger partial charge in [-0.15, -0.1) is 0 Å². The van der Waals surface area contributed by atoms with Crippen molar-refractivity contribution in [3.63, 3.8) is 0 Å². The molecule has 2 N–H and O–H groups in total. The SMILES string of the molecule is COc1cccc2c(=O)c(C)c(C(=O)Nc3ccc(N4CCOCC4)cc3C)[nH]c12. The number of pyridine rings is 1. The van der Waals surface area contributed by atoms with E-state index >= 15 is 0 Å². The van der Waals surface area contributed by atoms with E-state index in [1.54, 1.807) is 25.1 Å². The van der Waals surface area contributed by atoms with Crippen molar-refractivity contribution >= 4 is 28.2 Å². The molecule has 0 bridgehead atoms. The van der Waals surface area contributed by atoms with Gasteiger partial charge in [-0.3, -0.25) is 9.59 Å². The van der Waals surface area contributed by atoms with Crippen molar-refractivity contribution in [3.05, 3.63) is 63.4 Å². The first-order valence-electron chi connectivity index (χ1n) is 9.94. The molecule has 4 rings (SSSR count). The Kier molecular flexibility index (Phi) is 5.46. The lowest BCUT2D eigenvalue weighted by Gasteiger charge is -2.29. The number of hydrogen-bond acceptors (Lipinski definition) is 5. The number of morpholine rings is 1. The number of hydrogen-bond donors (Lipinski definition) is 2. The van der Waals surface area contributed by atoms with Crippen LogP contribution in [0.4, 0.5) is 11.4 Å². The monoisotopic (exact) mass is 407 g/mol. The molecular formula is C23H25N3O4. The number of carbonyl (C=O) groups excluding carboxylic acids is 1. The number of nitrogens with one attached hydrogen (secondary N) is 2. The second-order valence-electron chi connectivity index (χ2n) is 7.39. The molecule has 1 aromatic heterocycles. The van der Waals surface area contributed by atoms with E-state index in [-0.39, 0.29) is 17.0 Å². The van der Waals surface area contributed by atoms with Gasteiger partial charge in [-0.2, -0.15) is 0 Å². The predicted octanol–water partition coefficient (Wildman–Crippen LogP) is 3.24. The van der Waals surface area contributed by atoms with Gasteiger partial charge in [0.2, 0.25) is 0 Å². The Morgan fingerprint density at radius 2 is 1.93 bits per heavy atom. The fourth-order valence-corrected chi connectivity index (χ4v) is 3.77. The van der Waals surface area contributed by atoms with Crippen LogP contribution in [-0.2, 0) is 4.74 Å². The molecule has 3 aromatic rings. The number of carbonyl (C=O) groups is 1. The first-order chi connectivity index (χ1) is 14.5. The van der Waals surface area contributed by atoms with E-state index in [0.29, 0.717) is 27.9 Å². The summed E-state index contributed by atoms with van der Waals surface area (Å²) in [5.74, 6) is 0.157. The predicted molar refractivity (Wildman–Crippen MR) is 118 cm³/mol. The van der Waals surface area contributed by atoms with E-state index in [0.717, 1.165) is 37.6 Å². The molecule has 0 unspecified atom stereocenters. The highest BCUT2D eigenvalue weighted by molar-refractivity contribution is 6.06. The van der Waals surface area contributed by atoms with Gasteiger partial charge in [0.15, 0.2) is 5.43 Å². The molecule has 2 heterocycles. The maximum absolute atomic E-state index is 13.0. The average Bonchev–Trinajstić information content (AvgIpc) is 2.77. The summed E-state index contributed by atoms with van der Waals surface area (Å²) in [5, 5.41) is 3.43. The van der Waals surface area contributed by atoms with Crippen LogP contribution >= 0.6 is 0 Å². The van der Waals surface area contributed by atoms with E-state index in [4.69, 9.17) is 9.47 Å². The Hall–Kier alpha value is -3.32. The number of ether oxygens (including phenoxy) is 2.